The van der Waals surface area contributed by atoms with Crippen LogP contribution in [-0.2, 0) is 4.79 Å². The second-order valence-electron chi connectivity index (χ2n) is 5.20. The highest BCUT2D eigenvalue weighted by Crippen LogP contribution is 2.29. The van der Waals surface area contributed by atoms with E-state index in [9.17, 15) is 4.79 Å². The number of thioether (sulfide) groups is 1. The number of aryl methyl sites for hydroxylation is 1. The maximum absolute atomic E-state index is 12.0. The fourth-order valence-corrected chi connectivity index (χ4v) is 3.81. The van der Waals surface area contributed by atoms with Crippen molar-refractivity contribution in [1.82, 2.24) is 5.32 Å². The quantitative estimate of drug-likeness (QED) is 0.875. The molecule has 0 radical (unpaired) electrons. The van der Waals surface area contributed by atoms with Crippen LogP contribution in [0, 0.1) is 6.92 Å². The molecule has 2 atom stereocenters. The molecule has 1 saturated carbocycles. The highest BCUT2D eigenvalue weighted by atomic mass is 32.2. The van der Waals surface area contributed by atoms with Crippen molar-refractivity contribution in [2.24, 2.45) is 0 Å². The second kappa shape index (κ2) is 7.58. The van der Waals surface area contributed by atoms with Gasteiger partial charge >= 0.3 is 0 Å². The Hall–Kier alpha value is -1.16. The van der Waals surface area contributed by atoms with Gasteiger partial charge in [-0.25, -0.2) is 0 Å². The van der Waals surface area contributed by atoms with Gasteiger partial charge in [-0.1, -0.05) is 25.5 Å². The minimum absolute atomic E-state index is 0.0138. The standard InChI is InChI=1S/C16H23NO2S/c1-3-20-15-9-5-8-14(15)17-16(18)11-19-13-7-4-6-12(2)10-13/h4,6-7,10,14-15H,3,5,8-9,11H2,1-2H3,(H,17,18)/t14-,15+/m0/s1. The van der Waals surface area contributed by atoms with Gasteiger partial charge in [0.1, 0.15) is 5.75 Å². The van der Waals surface area contributed by atoms with E-state index in [0.717, 1.165) is 23.5 Å². The summed E-state index contributed by atoms with van der Waals surface area (Å²) in [5.41, 5.74) is 1.14. The van der Waals surface area contributed by atoms with E-state index in [-0.39, 0.29) is 12.5 Å². The number of amides is 1. The topological polar surface area (TPSA) is 38.3 Å². The van der Waals surface area contributed by atoms with Crippen LogP contribution in [0.2, 0.25) is 0 Å². The van der Waals surface area contributed by atoms with Crippen molar-refractivity contribution < 1.29 is 9.53 Å². The number of carbonyl (C=O) groups excluding carboxylic acids is 1. The van der Waals surface area contributed by atoms with Gasteiger partial charge in [0, 0.05) is 11.3 Å². The first-order valence-electron chi connectivity index (χ1n) is 7.29. The Balaban J connectivity index is 1.78. The van der Waals surface area contributed by atoms with E-state index in [0.29, 0.717) is 11.3 Å². The zero-order valence-electron chi connectivity index (χ0n) is 12.2. The zero-order chi connectivity index (χ0) is 14.4. The van der Waals surface area contributed by atoms with E-state index in [1.165, 1.54) is 12.8 Å². The Kier molecular flexibility index (Phi) is 5.77. The summed E-state index contributed by atoms with van der Waals surface area (Å²) in [6, 6.07) is 8.09. The highest BCUT2D eigenvalue weighted by Gasteiger charge is 2.28. The molecule has 1 fully saturated rings. The molecule has 110 valence electrons. The minimum Gasteiger partial charge on any atom is -0.484 e. The van der Waals surface area contributed by atoms with Gasteiger partial charge in [0.15, 0.2) is 6.61 Å². The third-order valence-corrected chi connectivity index (χ3v) is 4.86. The average Bonchev–Trinajstić information content (AvgIpc) is 2.84. The van der Waals surface area contributed by atoms with E-state index < -0.39 is 0 Å². The number of carbonyl (C=O) groups is 1. The molecule has 1 aromatic carbocycles. The first-order chi connectivity index (χ1) is 9.69. The van der Waals surface area contributed by atoms with Gasteiger partial charge < -0.3 is 10.1 Å². The lowest BCUT2D eigenvalue weighted by molar-refractivity contribution is -0.123. The largest absolute Gasteiger partial charge is 0.484 e. The van der Waals surface area contributed by atoms with Gasteiger partial charge in [-0.15, -0.1) is 0 Å². The zero-order valence-corrected chi connectivity index (χ0v) is 13.0. The van der Waals surface area contributed by atoms with Crippen molar-refractivity contribution in [3.63, 3.8) is 0 Å². The fraction of sp³-hybridized carbons (Fsp3) is 0.562. The number of hydrogen-bond acceptors (Lipinski definition) is 3. The van der Waals surface area contributed by atoms with Gasteiger partial charge in [0.05, 0.1) is 0 Å². The minimum atomic E-state index is -0.0138. The van der Waals surface area contributed by atoms with Crippen LogP contribution in [0.5, 0.6) is 5.75 Å². The monoisotopic (exact) mass is 293 g/mol. The molecule has 4 heteroatoms. The molecule has 20 heavy (non-hydrogen) atoms. The molecule has 0 bridgehead atoms. The van der Waals surface area contributed by atoms with Crippen LogP contribution in [-0.4, -0.2) is 29.6 Å². The predicted octanol–water partition coefficient (Wildman–Crippen LogP) is 3.16. The molecule has 1 aliphatic rings. The smallest absolute Gasteiger partial charge is 0.258 e. The molecule has 0 aromatic heterocycles. The van der Waals surface area contributed by atoms with Gasteiger partial charge in [0.2, 0.25) is 0 Å². The Labute approximate surface area is 125 Å². The summed E-state index contributed by atoms with van der Waals surface area (Å²) in [6.45, 7) is 4.28. The predicted molar refractivity (Wildman–Crippen MR) is 84.4 cm³/mol. The summed E-state index contributed by atoms with van der Waals surface area (Å²) in [5.74, 6) is 1.85. The highest BCUT2D eigenvalue weighted by molar-refractivity contribution is 7.99. The van der Waals surface area contributed by atoms with Crippen LogP contribution in [0.25, 0.3) is 0 Å². The van der Waals surface area contributed by atoms with Crippen molar-refractivity contribution in [3.05, 3.63) is 29.8 Å². The van der Waals surface area contributed by atoms with Gasteiger partial charge in [-0.2, -0.15) is 11.8 Å². The lowest BCUT2D eigenvalue weighted by atomic mass is 10.2. The molecule has 1 N–H and O–H groups in total. The summed E-state index contributed by atoms with van der Waals surface area (Å²) < 4.78 is 5.54. The maximum atomic E-state index is 12.0. The number of ether oxygens (including phenoxy) is 1. The Bertz CT molecular complexity index is 450. The Morgan fingerprint density at radius 3 is 3.05 bits per heavy atom. The van der Waals surface area contributed by atoms with Gasteiger partial charge in [-0.05, 0) is 43.2 Å². The summed E-state index contributed by atoms with van der Waals surface area (Å²) in [6.07, 6.45) is 3.51. The van der Waals surface area contributed by atoms with Crippen molar-refractivity contribution in [3.8, 4) is 5.75 Å². The van der Waals surface area contributed by atoms with Gasteiger partial charge in [-0.3, -0.25) is 4.79 Å². The van der Waals surface area contributed by atoms with E-state index in [2.05, 4.69) is 12.2 Å². The normalized spacial score (nSPS) is 21.7. The fourth-order valence-electron chi connectivity index (χ4n) is 2.61. The number of benzene rings is 1. The van der Waals surface area contributed by atoms with Crippen molar-refractivity contribution in [2.75, 3.05) is 12.4 Å². The molecule has 3 nitrogen and oxygen atoms in total. The van der Waals surface area contributed by atoms with Crippen LogP contribution in [0.3, 0.4) is 0 Å². The molecule has 0 saturated heterocycles. The Morgan fingerprint density at radius 1 is 1.45 bits per heavy atom. The van der Waals surface area contributed by atoms with Crippen LogP contribution in [0.1, 0.15) is 31.7 Å². The SMILES string of the molecule is CCS[C@@H]1CCC[C@@H]1NC(=O)COc1cccc(C)c1. The van der Waals surface area contributed by atoms with E-state index in [1.54, 1.807) is 0 Å². The number of rotatable bonds is 6. The third-order valence-electron chi connectivity index (χ3n) is 3.54. The second-order valence-corrected chi connectivity index (χ2v) is 6.72. The summed E-state index contributed by atoms with van der Waals surface area (Å²) in [5, 5.41) is 3.69. The van der Waals surface area contributed by atoms with Crippen LogP contribution in [0.4, 0.5) is 0 Å². The summed E-state index contributed by atoms with van der Waals surface area (Å²) in [7, 11) is 0. The van der Waals surface area contributed by atoms with Crippen molar-refractivity contribution in [2.45, 2.75) is 44.4 Å². The molecule has 1 amide bonds. The number of nitrogens with one attached hydrogen (secondary N) is 1. The summed E-state index contributed by atoms with van der Waals surface area (Å²) in [4.78, 5) is 12.0. The maximum Gasteiger partial charge on any atom is 0.258 e. The van der Waals surface area contributed by atoms with Crippen LogP contribution < -0.4 is 10.1 Å². The summed E-state index contributed by atoms with van der Waals surface area (Å²) >= 11 is 1.95. The third kappa shape index (κ3) is 4.44. The molecular formula is C16H23NO2S. The first-order valence-corrected chi connectivity index (χ1v) is 8.34. The van der Waals surface area contributed by atoms with Crippen molar-refractivity contribution in [1.29, 1.82) is 0 Å². The molecule has 0 spiro atoms. The number of hydrogen-bond donors (Lipinski definition) is 1. The molecule has 1 aromatic rings. The first kappa shape index (κ1) is 15.2. The lowest BCUT2D eigenvalue weighted by Crippen LogP contribution is -2.41. The van der Waals surface area contributed by atoms with Crippen LogP contribution in [0.15, 0.2) is 24.3 Å². The lowest BCUT2D eigenvalue weighted by Gasteiger charge is -2.20. The molecule has 0 aliphatic heterocycles. The Morgan fingerprint density at radius 2 is 2.30 bits per heavy atom. The van der Waals surface area contributed by atoms with E-state index in [1.807, 2.05) is 43.0 Å². The molecule has 1 aliphatic carbocycles. The molecular weight excluding hydrogens is 270 g/mol. The van der Waals surface area contributed by atoms with Crippen molar-refractivity contribution >= 4 is 17.7 Å². The van der Waals surface area contributed by atoms with Crippen LogP contribution >= 0.6 is 11.8 Å². The van der Waals surface area contributed by atoms with E-state index >= 15 is 0 Å². The van der Waals surface area contributed by atoms with Gasteiger partial charge in [0.25, 0.3) is 5.91 Å². The molecule has 0 unspecified atom stereocenters. The molecule has 0 heterocycles. The van der Waals surface area contributed by atoms with E-state index in [4.69, 9.17) is 4.74 Å². The molecule has 2 rings (SSSR count). The average molecular weight is 293 g/mol.